The average molecular weight is 220 g/mol. The Morgan fingerprint density at radius 2 is 1.69 bits per heavy atom. The second-order valence-electron chi connectivity index (χ2n) is 4.10. The molecule has 0 heterocycles. The molecule has 0 saturated carbocycles. The van der Waals surface area contributed by atoms with Gasteiger partial charge in [0.2, 0.25) is 0 Å². The molecule has 86 valence electrons. The van der Waals surface area contributed by atoms with Crippen LogP contribution in [-0.2, 0) is 4.79 Å². The van der Waals surface area contributed by atoms with Gasteiger partial charge in [0.05, 0.1) is 0 Å². The second kappa shape index (κ2) is 4.47. The Labute approximate surface area is 95.1 Å². The molecule has 0 aliphatic rings. The van der Waals surface area contributed by atoms with Crippen molar-refractivity contribution in [2.24, 2.45) is 5.92 Å². The van der Waals surface area contributed by atoms with Gasteiger partial charge < -0.3 is 5.11 Å². The van der Waals surface area contributed by atoms with E-state index in [-0.39, 0.29) is 5.78 Å². The lowest BCUT2D eigenvalue weighted by atomic mass is 9.91. The molecule has 0 aliphatic carbocycles. The Morgan fingerprint density at radius 3 is 2.19 bits per heavy atom. The maximum absolute atomic E-state index is 11.9. The Balaban J connectivity index is 3.20. The van der Waals surface area contributed by atoms with Crippen molar-refractivity contribution >= 4 is 11.8 Å². The summed E-state index contributed by atoms with van der Waals surface area (Å²) in [6.45, 7) is 7.17. The number of carbonyl (C=O) groups is 2. The largest absolute Gasteiger partial charge is 0.481 e. The van der Waals surface area contributed by atoms with Crippen LogP contribution in [0, 0.1) is 26.7 Å². The molecular weight excluding hydrogens is 204 g/mol. The normalized spacial score (nSPS) is 12.2. The Hall–Kier alpha value is -1.64. The molecule has 1 unspecified atom stereocenters. The lowest BCUT2D eigenvalue weighted by Gasteiger charge is -2.12. The number of benzene rings is 1. The van der Waals surface area contributed by atoms with E-state index in [1.165, 1.54) is 6.92 Å². The van der Waals surface area contributed by atoms with Crippen molar-refractivity contribution < 1.29 is 14.7 Å². The first-order chi connectivity index (χ1) is 7.36. The number of carboxylic acids is 1. The third kappa shape index (κ3) is 2.13. The van der Waals surface area contributed by atoms with Crippen LogP contribution in [0.15, 0.2) is 12.1 Å². The van der Waals surface area contributed by atoms with Crippen molar-refractivity contribution in [3.63, 3.8) is 0 Å². The molecule has 0 saturated heterocycles. The third-order valence-electron chi connectivity index (χ3n) is 3.09. The summed E-state index contributed by atoms with van der Waals surface area (Å²) in [6.07, 6.45) is 0. The molecule has 1 aromatic carbocycles. The minimum atomic E-state index is -1.08. The highest BCUT2D eigenvalue weighted by molar-refractivity contribution is 6.08. The minimum absolute atomic E-state index is 0.326. The maximum Gasteiger partial charge on any atom is 0.314 e. The van der Waals surface area contributed by atoms with Crippen molar-refractivity contribution in [2.45, 2.75) is 27.7 Å². The van der Waals surface area contributed by atoms with E-state index in [9.17, 15) is 9.59 Å². The van der Waals surface area contributed by atoms with Crippen molar-refractivity contribution in [2.75, 3.05) is 0 Å². The number of ketones is 1. The quantitative estimate of drug-likeness (QED) is 0.629. The molecule has 0 radical (unpaired) electrons. The topological polar surface area (TPSA) is 54.4 Å². The van der Waals surface area contributed by atoms with Crippen LogP contribution in [-0.4, -0.2) is 16.9 Å². The summed E-state index contributed by atoms with van der Waals surface area (Å²) in [5.74, 6) is -2.39. The smallest absolute Gasteiger partial charge is 0.314 e. The maximum atomic E-state index is 11.9. The molecule has 3 heteroatoms. The van der Waals surface area contributed by atoms with Gasteiger partial charge in [-0.05, 0) is 44.4 Å². The van der Waals surface area contributed by atoms with Crippen molar-refractivity contribution in [1.82, 2.24) is 0 Å². The van der Waals surface area contributed by atoms with Crippen LogP contribution in [0.2, 0.25) is 0 Å². The van der Waals surface area contributed by atoms with Gasteiger partial charge in [0.1, 0.15) is 5.92 Å². The van der Waals surface area contributed by atoms with Gasteiger partial charge in [-0.3, -0.25) is 9.59 Å². The lowest BCUT2D eigenvalue weighted by molar-refractivity contribution is -0.139. The van der Waals surface area contributed by atoms with Crippen LogP contribution in [0.3, 0.4) is 0 Å². The summed E-state index contributed by atoms with van der Waals surface area (Å²) in [6, 6.07) is 3.56. The zero-order valence-corrected chi connectivity index (χ0v) is 10.00. The van der Waals surface area contributed by atoms with E-state index in [0.717, 1.165) is 16.7 Å². The zero-order valence-electron chi connectivity index (χ0n) is 10.00. The molecule has 0 bridgehead atoms. The molecule has 1 N–H and O–H groups in total. The average Bonchev–Trinajstić information content (AvgIpc) is 2.24. The van der Waals surface area contributed by atoms with Crippen LogP contribution in [0.25, 0.3) is 0 Å². The van der Waals surface area contributed by atoms with Gasteiger partial charge in [-0.2, -0.15) is 0 Å². The first-order valence-corrected chi connectivity index (χ1v) is 5.20. The van der Waals surface area contributed by atoms with Crippen LogP contribution in [0.5, 0.6) is 0 Å². The van der Waals surface area contributed by atoms with Gasteiger partial charge in [0.25, 0.3) is 0 Å². The third-order valence-corrected chi connectivity index (χ3v) is 3.09. The molecular formula is C13H16O3. The molecule has 1 atom stereocenters. The van der Waals surface area contributed by atoms with Gasteiger partial charge in [0.15, 0.2) is 5.78 Å². The number of Topliss-reactive ketones (excluding diaryl/α,β-unsaturated/α-hetero) is 1. The van der Waals surface area contributed by atoms with E-state index in [2.05, 4.69) is 0 Å². The van der Waals surface area contributed by atoms with Gasteiger partial charge in [0, 0.05) is 5.56 Å². The highest BCUT2D eigenvalue weighted by atomic mass is 16.4. The highest BCUT2D eigenvalue weighted by Crippen LogP contribution is 2.20. The summed E-state index contributed by atoms with van der Waals surface area (Å²) in [5, 5.41) is 8.81. The Morgan fingerprint density at radius 1 is 1.12 bits per heavy atom. The monoisotopic (exact) mass is 220 g/mol. The van der Waals surface area contributed by atoms with Crippen LogP contribution in [0.4, 0.5) is 0 Å². The fourth-order valence-corrected chi connectivity index (χ4v) is 1.57. The van der Waals surface area contributed by atoms with E-state index in [1.807, 2.05) is 26.8 Å². The fourth-order valence-electron chi connectivity index (χ4n) is 1.57. The van der Waals surface area contributed by atoms with Gasteiger partial charge >= 0.3 is 5.97 Å². The van der Waals surface area contributed by atoms with Crippen molar-refractivity contribution in [3.05, 3.63) is 34.4 Å². The summed E-state index contributed by atoms with van der Waals surface area (Å²) in [4.78, 5) is 22.6. The Bertz CT molecular complexity index is 447. The van der Waals surface area contributed by atoms with Crippen molar-refractivity contribution in [1.29, 1.82) is 0 Å². The highest BCUT2D eigenvalue weighted by Gasteiger charge is 2.23. The number of aryl methyl sites for hydroxylation is 1. The molecule has 0 amide bonds. The molecule has 0 fully saturated rings. The van der Waals surface area contributed by atoms with E-state index in [0.29, 0.717) is 5.56 Å². The minimum Gasteiger partial charge on any atom is -0.481 e. The predicted octanol–water partition coefficient (Wildman–Crippen LogP) is 2.52. The number of carbonyl (C=O) groups excluding carboxylic acids is 1. The molecule has 1 rings (SSSR count). The first kappa shape index (κ1) is 12.4. The Kier molecular flexibility index (Phi) is 3.48. The van der Waals surface area contributed by atoms with Crippen LogP contribution >= 0.6 is 0 Å². The molecule has 16 heavy (non-hydrogen) atoms. The standard InChI is InChI=1S/C13H16O3/c1-7-5-6-11(9(3)8(7)2)12(14)10(4)13(15)16/h5-6,10H,1-4H3,(H,15,16). The molecule has 0 aromatic heterocycles. The van der Waals surface area contributed by atoms with Crippen molar-refractivity contribution in [3.8, 4) is 0 Å². The molecule has 0 aliphatic heterocycles. The summed E-state index contributed by atoms with van der Waals surface area (Å²) in [5.41, 5.74) is 3.54. The van der Waals surface area contributed by atoms with E-state index in [4.69, 9.17) is 5.11 Å². The summed E-state index contributed by atoms with van der Waals surface area (Å²) < 4.78 is 0. The zero-order chi connectivity index (χ0) is 12.5. The van der Waals surface area contributed by atoms with Crippen LogP contribution in [0.1, 0.15) is 34.0 Å². The predicted molar refractivity (Wildman–Crippen MR) is 61.8 cm³/mol. The summed E-state index contributed by atoms with van der Waals surface area (Å²) >= 11 is 0. The van der Waals surface area contributed by atoms with Gasteiger partial charge in [-0.1, -0.05) is 12.1 Å². The lowest BCUT2D eigenvalue weighted by Crippen LogP contribution is -2.21. The van der Waals surface area contributed by atoms with Gasteiger partial charge in [-0.15, -0.1) is 0 Å². The number of hydrogen-bond donors (Lipinski definition) is 1. The van der Waals surface area contributed by atoms with Crippen LogP contribution < -0.4 is 0 Å². The molecule has 1 aromatic rings. The number of carboxylic acid groups (broad SMARTS) is 1. The van der Waals surface area contributed by atoms with E-state index >= 15 is 0 Å². The number of hydrogen-bond acceptors (Lipinski definition) is 2. The van der Waals surface area contributed by atoms with Gasteiger partial charge in [-0.25, -0.2) is 0 Å². The number of aliphatic carboxylic acids is 1. The molecule has 0 spiro atoms. The number of rotatable bonds is 3. The fraction of sp³-hybridized carbons (Fsp3) is 0.385. The van der Waals surface area contributed by atoms with E-state index < -0.39 is 11.9 Å². The van der Waals surface area contributed by atoms with E-state index in [1.54, 1.807) is 6.07 Å². The summed E-state index contributed by atoms with van der Waals surface area (Å²) in [7, 11) is 0. The first-order valence-electron chi connectivity index (χ1n) is 5.20. The molecule has 3 nitrogen and oxygen atoms in total. The second-order valence-corrected chi connectivity index (χ2v) is 4.10. The SMILES string of the molecule is Cc1ccc(C(=O)C(C)C(=O)O)c(C)c1C.